The summed E-state index contributed by atoms with van der Waals surface area (Å²) in [7, 11) is 2.08. The topological polar surface area (TPSA) is 21.4 Å². The molecule has 0 amide bonds. The maximum atomic E-state index is 7.18. The molecule has 0 spiro atoms. The number of pyridine rings is 1. The van der Waals surface area contributed by atoms with E-state index >= 15 is 0 Å². The van der Waals surface area contributed by atoms with Crippen LogP contribution in [-0.4, -0.2) is 0 Å². The summed E-state index contributed by atoms with van der Waals surface area (Å²) < 4.78 is 8.22. The monoisotopic (exact) mass is 327 g/mol. The molecule has 2 aromatic carbocycles. The minimum absolute atomic E-state index is 0.601. The molecule has 0 atom stereocenters. The summed E-state index contributed by atoms with van der Waals surface area (Å²) in [5.74, 6) is 0. The Labute approximate surface area is 147 Å². The van der Waals surface area contributed by atoms with Gasteiger partial charge in [0, 0.05) is 22.4 Å². The van der Waals surface area contributed by atoms with Gasteiger partial charge in [0.2, 0.25) is 5.69 Å². The Hall–Kier alpha value is -3.12. The summed E-state index contributed by atoms with van der Waals surface area (Å²) in [6.45, 7) is 13.6. The maximum absolute atomic E-state index is 7.18. The van der Waals surface area contributed by atoms with Gasteiger partial charge in [-0.15, -0.1) is 0 Å². The van der Waals surface area contributed by atoms with Crippen LogP contribution in [-0.2, 0) is 7.05 Å². The molecule has 4 aromatic rings. The molecular weight excluding hydrogens is 308 g/mol. The first kappa shape index (κ1) is 15.4. The summed E-state index contributed by atoms with van der Waals surface area (Å²) in [6, 6.07) is 12.2. The molecule has 0 fully saturated rings. The molecule has 2 heterocycles. The van der Waals surface area contributed by atoms with E-state index in [1.54, 1.807) is 0 Å². The van der Waals surface area contributed by atoms with Crippen LogP contribution in [0.25, 0.3) is 38.0 Å². The van der Waals surface area contributed by atoms with Gasteiger partial charge in [-0.3, -0.25) is 0 Å². The molecule has 0 aliphatic rings. The molecule has 4 rings (SSSR count). The molecule has 0 bridgehead atoms. The van der Waals surface area contributed by atoms with Crippen molar-refractivity contribution in [2.24, 2.45) is 7.05 Å². The Morgan fingerprint density at radius 1 is 0.880 bits per heavy atom. The fraction of sp³-hybridized carbons (Fsp3) is 0.182. The van der Waals surface area contributed by atoms with E-state index in [-0.39, 0.29) is 0 Å². The van der Waals surface area contributed by atoms with Crippen molar-refractivity contribution in [3.63, 3.8) is 0 Å². The van der Waals surface area contributed by atoms with Crippen molar-refractivity contribution < 1.29 is 8.98 Å². The van der Waals surface area contributed by atoms with Crippen molar-refractivity contribution in [3.8, 4) is 11.3 Å². The molecule has 0 aliphatic heterocycles. The standard InChI is InChI=1S/C22H19N2O/c1-13-9-20(24(5)12-15(13)3)18-11-22-19(8-14(18)2)17-7-6-16(23-4)10-21(17)25-22/h6-12H,1-3,5H3/q+1. The second-order valence-corrected chi connectivity index (χ2v) is 6.69. The zero-order valence-electron chi connectivity index (χ0n) is 14.8. The third-order valence-corrected chi connectivity index (χ3v) is 4.95. The number of hydrogen-bond donors (Lipinski definition) is 0. The van der Waals surface area contributed by atoms with Crippen molar-refractivity contribution >= 4 is 27.6 Å². The minimum atomic E-state index is 0.601. The fourth-order valence-corrected chi connectivity index (χ4v) is 3.42. The van der Waals surface area contributed by atoms with E-state index in [0.29, 0.717) is 5.69 Å². The molecule has 3 heteroatoms. The van der Waals surface area contributed by atoms with Crippen LogP contribution in [0.4, 0.5) is 5.69 Å². The molecule has 2 aromatic heterocycles. The molecule has 122 valence electrons. The highest BCUT2D eigenvalue weighted by molar-refractivity contribution is 6.07. The van der Waals surface area contributed by atoms with E-state index in [1.807, 2.05) is 18.2 Å². The van der Waals surface area contributed by atoms with Crippen LogP contribution in [0.1, 0.15) is 16.7 Å². The lowest BCUT2D eigenvalue weighted by atomic mass is 9.99. The normalized spacial score (nSPS) is 11.2. The lowest BCUT2D eigenvalue weighted by Gasteiger charge is -2.07. The SMILES string of the molecule is [C-]#[N+]c1ccc2c(c1)oc1cc(-c3cc(C)c(C)c[n+]3C)c(C)cc12. The Balaban J connectivity index is 2.00. The van der Waals surface area contributed by atoms with Crippen LogP contribution < -0.4 is 4.57 Å². The van der Waals surface area contributed by atoms with Gasteiger partial charge in [0.1, 0.15) is 18.2 Å². The van der Waals surface area contributed by atoms with E-state index < -0.39 is 0 Å². The predicted octanol–water partition coefficient (Wildman–Crippen LogP) is 5.55. The quantitative estimate of drug-likeness (QED) is 0.331. The third-order valence-electron chi connectivity index (χ3n) is 4.95. The number of benzene rings is 2. The van der Waals surface area contributed by atoms with Crippen molar-refractivity contribution in [1.82, 2.24) is 0 Å². The lowest BCUT2D eigenvalue weighted by molar-refractivity contribution is -0.660. The van der Waals surface area contributed by atoms with Gasteiger partial charge in [-0.05, 0) is 50.1 Å². The maximum Gasteiger partial charge on any atom is 0.212 e. The average Bonchev–Trinajstić information content (AvgIpc) is 2.94. The number of furan rings is 1. The number of aryl methyl sites for hydroxylation is 4. The third kappa shape index (κ3) is 2.38. The van der Waals surface area contributed by atoms with Crippen LogP contribution >= 0.6 is 0 Å². The zero-order valence-corrected chi connectivity index (χ0v) is 14.8. The smallest absolute Gasteiger partial charge is 0.212 e. The number of fused-ring (bicyclic) bond motifs is 3. The molecule has 25 heavy (non-hydrogen) atoms. The second-order valence-electron chi connectivity index (χ2n) is 6.69. The van der Waals surface area contributed by atoms with Crippen LogP contribution in [0.5, 0.6) is 0 Å². The highest BCUT2D eigenvalue weighted by atomic mass is 16.3. The minimum Gasteiger partial charge on any atom is -0.457 e. The number of rotatable bonds is 1. The van der Waals surface area contributed by atoms with Gasteiger partial charge in [0.05, 0.1) is 12.1 Å². The second kappa shape index (κ2) is 5.46. The first-order chi connectivity index (χ1) is 12.0. The molecule has 0 unspecified atom stereocenters. The summed E-state index contributed by atoms with van der Waals surface area (Å²) in [5, 5.41) is 2.15. The molecule has 0 radical (unpaired) electrons. The molecule has 0 saturated heterocycles. The summed E-state index contributed by atoms with van der Waals surface area (Å²) in [4.78, 5) is 3.49. The molecule has 3 nitrogen and oxygen atoms in total. The van der Waals surface area contributed by atoms with Crippen LogP contribution in [0, 0.1) is 27.3 Å². The van der Waals surface area contributed by atoms with E-state index in [2.05, 4.69) is 61.6 Å². The van der Waals surface area contributed by atoms with Crippen molar-refractivity contribution in [1.29, 1.82) is 0 Å². The van der Waals surface area contributed by atoms with Gasteiger partial charge < -0.3 is 4.42 Å². The Kier molecular flexibility index (Phi) is 3.36. The Morgan fingerprint density at radius 3 is 2.40 bits per heavy atom. The largest absolute Gasteiger partial charge is 0.457 e. The lowest BCUT2D eigenvalue weighted by Crippen LogP contribution is -2.31. The average molecular weight is 327 g/mol. The van der Waals surface area contributed by atoms with Crippen LogP contribution in [0.3, 0.4) is 0 Å². The molecule has 0 aliphatic carbocycles. The summed E-state index contributed by atoms with van der Waals surface area (Å²) in [6.07, 6.45) is 2.16. The molecule has 0 saturated carbocycles. The zero-order chi connectivity index (χ0) is 17.7. The highest BCUT2D eigenvalue weighted by Crippen LogP contribution is 2.35. The number of hydrogen-bond acceptors (Lipinski definition) is 1. The van der Waals surface area contributed by atoms with Crippen LogP contribution in [0.15, 0.2) is 47.0 Å². The van der Waals surface area contributed by atoms with E-state index in [9.17, 15) is 0 Å². The Morgan fingerprint density at radius 2 is 1.64 bits per heavy atom. The predicted molar refractivity (Wildman–Crippen MR) is 101 cm³/mol. The first-order valence-electron chi connectivity index (χ1n) is 8.29. The van der Waals surface area contributed by atoms with Crippen LogP contribution in [0.2, 0.25) is 0 Å². The van der Waals surface area contributed by atoms with Gasteiger partial charge in [-0.25, -0.2) is 9.41 Å². The Bertz CT molecular complexity index is 1190. The van der Waals surface area contributed by atoms with Gasteiger partial charge in [-0.2, -0.15) is 0 Å². The van der Waals surface area contributed by atoms with Gasteiger partial charge in [0.15, 0.2) is 11.9 Å². The summed E-state index contributed by atoms with van der Waals surface area (Å²) in [5.41, 5.74) is 8.33. The number of nitrogens with zero attached hydrogens (tertiary/aromatic N) is 2. The highest BCUT2D eigenvalue weighted by Gasteiger charge is 2.17. The molecule has 0 N–H and O–H groups in total. The van der Waals surface area contributed by atoms with Crippen molar-refractivity contribution in [2.45, 2.75) is 20.8 Å². The van der Waals surface area contributed by atoms with Crippen molar-refractivity contribution in [3.05, 3.63) is 70.7 Å². The molecular formula is C22H19N2O+. The van der Waals surface area contributed by atoms with E-state index in [4.69, 9.17) is 11.0 Å². The van der Waals surface area contributed by atoms with E-state index in [0.717, 1.165) is 21.9 Å². The van der Waals surface area contributed by atoms with Gasteiger partial charge in [0.25, 0.3) is 0 Å². The van der Waals surface area contributed by atoms with Crippen molar-refractivity contribution in [2.75, 3.05) is 0 Å². The van der Waals surface area contributed by atoms with Gasteiger partial charge >= 0.3 is 0 Å². The summed E-state index contributed by atoms with van der Waals surface area (Å²) >= 11 is 0. The first-order valence-corrected chi connectivity index (χ1v) is 8.29. The van der Waals surface area contributed by atoms with E-state index in [1.165, 1.54) is 27.9 Å². The number of aromatic nitrogens is 1. The fourth-order valence-electron chi connectivity index (χ4n) is 3.42. The van der Waals surface area contributed by atoms with Gasteiger partial charge in [-0.1, -0.05) is 12.1 Å².